The summed E-state index contributed by atoms with van der Waals surface area (Å²) in [6, 6.07) is 40.2. The van der Waals surface area contributed by atoms with Crippen LogP contribution in [0.2, 0.25) is 0 Å². The molecule has 0 bridgehead atoms. The molecule has 46 heavy (non-hydrogen) atoms. The number of nitrogens with zero attached hydrogens (tertiary/aromatic N) is 1. The van der Waals surface area contributed by atoms with E-state index >= 15 is 0 Å². The molecule has 2 N–H and O–H groups in total. The van der Waals surface area contributed by atoms with Gasteiger partial charge in [-0.15, -0.1) is 0 Å². The second kappa shape index (κ2) is 10.3. The van der Waals surface area contributed by atoms with Crippen LogP contribution in [0.5, 0.6) is 0 Å². The first-order chi connectivity index (χ1) is 22.5. The van der Waals surface area contributed by atoms with Crippen molar-refractivity contribution in [3.63, 3.8) is 0 Å². The van der Waals surface area contributed by atoms with Crippen LogP contribution in [0.3, 0.4) is 0 Å². The lowest BCUT2D eigenvalue weighted by Gasteiger charge is -2.27. The van der Waals surface area contributed by atoms with Gasteiger partial charge in [-0.3, -0.25) is 0 Å². The summed E-state index contributed by atoms with van der Waals surface area (Å²) < 4.78 is 5.28. The maximum Gasteiger partial charge on any atom is 0.293 e. The van der Waals surface area contributed by atoms with Crippen molar-refractivity contribution in [2.45, 2.75) is 33.6 Å². The Morgan fingerprint density at radius 2 is 1.35 bits per heavy atom. The number of hydrogen-bond acceptors (Lipinski definition) is 2. The van der Waals surface area contributed by atoms with E-state index in [4.69, 9.17) is 4.42 Å². The van der Waals surface area contributed by atoms with Crippen molar-refractivity contribution < 1.29 is 4.42 Å². The van der Waals surface area contributed by atoms with Crippen molar-refractivity contribution in [1.29, 1.82) is 0 Å². The Morgan fingerprint density at radius 1 is 0.630 bits per heavy atom. The fourth-order valence-corrected chi connectivity index (χ4v) is 7.58. The monoisotopic (exact) mass is 595 g/mol. The summed E-state index contributed by atoms with van der Waals surface area (Å²) >= 11 is 0. The largest absolute Gasteiger partial charge is 0.544 e. The zero-order chi connectivity index (χ0) is 30.9. The minimum atomic E-state index is 1.02. The first-order valence-corrected chi connectivity index (χ1v) is 16.2. The number of nitrogens with one attached hydrogen (secondary N) is 1. The van der Waals surface area contributed by atoms with Crippen molar-refractivity contribution in [3.8, 4) is 0 Å². The van der Waals surface area contributed by atoms with E-state index in [-0.39, 0.29) is 0 Å². The summed E-state index contributed by atoms with van der Waals surface area (Å²) in [6.45, 7) is 6.50. The van der Waals surface area contributed by atoms with E-state index < -0.39 is 0 Å². The molecule has 1 aromatic heterocycles. The molecular formula is C43H35N2O+. The predicted molar refractivity (Wildman–Crippen MR) is 197 cm³/mol. The third-order valence-corrected chi connectivity index (χ3v) is 9.73. The lowest BCUT2D eigenvalue weighted by atomic mass is 9.92. The molecular weight excluding hydrogens is 560 g/mol. The second-order valence-corrected chi connectivity index (χ2v) is 12.8. The van der Waals surface area contributed by atoms with E-state index in [0.29, 0.717) is 0 Å². The van der Waals surface area contributed by atoms with Crippen LogP contribution in [0.4, 0.5) is 22.7 Å². The molecule has 0 amide bonds. The zero-order valence-electron chi connectivity index (χ0n) is 26.4. The normalized spacial score (nSPS) is 13.6. The quantitative estimate of drug-likeness (QED) is 0.158. The van der Waals surface area contributed by atoms with Crippen LogP contribution < -0.4 is 10.2 Å². The topological polar surface area (TPSA) is 28.1 Å². The summed E-state index contributed by atoms with van der Waals surface area (Å²) in [4.78, 5) is 2.42. The van der Waals surface area contributed by atoms with Gasteiger partial charge in [0.05, 0.1) is 16.5 Å². The van der Waals surface area contributed by atoms with E-state index in [0.717, 1.165) is 46.8 Å². The third-order valence-electron chi connectivity index (χ3n) is 9.73. The number of fused-ring (bicyclic) bond motifs is 3. The first-order valence-electron chi connectivity index (χ1n) is 16.2. The maximum absolute atomic E-state index is 5.28. The molecule has 0 aliphatic heterocycles. The minimum Gasteiger partial charge on any atom is -0.544 e. The molecule has 0 radical (unpaired) electrons. The number of benzene rings is 7. The summed E-state index contributed by atoms with van der Waals surface area (Å²) in [7, 11) is 0. The summed E-state index contributed by atoms with van der Waals surface area (Å²) in [5.41, 5.74) is 11.6. The molecule has 222 valence electrons. The van der Waals surface area contributed by atoms with Crippen molar-refractivity contribution in [1.82, 2.24) is 0 Å². The molecule has 1 aliphatic rings. The van der Waals surface area contributed by atoms with Gasteiger partial charge >= 0.3 is 0 Å². The van der Waals surface area contributed by atoms with Crippen molar-refractivity contribution in [2.24, 2.45) is 0 Å². The van der Waals surface area contributed by atoms with Crippen molar-refractivity contribution >= 4 is 77.0 Å². The molecule has 7 aromatic carbocycles. The molecule has 0 atom stereocenters. The van der Waals surface area contributed by atoms with Gasteiger partial charge in [-0.25, -0.2) is 0 Å². The minimum absolute atomic E-state index is 1.02. The number of anilines is 4. The van der Waals surface area contributed by atoms with E-state index in [9.17, 15) is 0 Å². The number of rotatable bonds is 5. The van der Waals surface area contributed by atoms with Crippen molar-refractivity contribution in [2.75, 3.05) is 10.2 Å². The van der Waals surface area contributed by atoms with Gasteiger partial charge in [0.25, 0.3) is 11.2 Å². The highest BCUT2D eigenvalue weighted by atomic mass is 16.3. The molecule has 3 nitrogen and oxygen atoms in total. The zero-order valence-corrected chi connectivity index (χ0v) is 26.4. The van der Waals surface area contributed by atoms with E-state index in [2.05, 4.69) is 152 Å². The van der Waals surface area contributed by atoms with Crippen LogP contribution in [-0.4, -0.2) is 0 Å². The standard InChI is InChI=1S/C43H34N2O/c1-26-8-4-11-31(24-26)44-37-22-18-29-17-21-36-38(23-19-30-16-20-35(37)40(29)41(30)36)45(32-12-5-9-27(2)25-32)39-15-7-14-34-33-13-6-10-28(3)42(33)46-43(34)39/h5-10,12-25,44H,4,11H2,1-3H3/p+1. The highest BCUT2D eigenvalue weighted by molar-refractivity contribution is 6.28. The van der Waals surface area contributed by atoms with Crippen LogP contribution >= 0.6 is 0 Å². The Balaban J connectivity index is 1.32. The third kappa shape index (κ3) is 4.12. The van der Waals surface area contributed by atoms with E-state index in [1.807, 2.05) is 0 Å². The number of aryl methyl sites for hydroxylation is 2. The summed E-state index contributed by atoms with van der Waals surface area (Å²) in [5, 5.41) is 13.8. The molecule has 9 rings (SSSR count). The van der Waals surface area contributed by atoms with Crippen LogP contribution in [-0.2, 0) is 0 Å². The maximum atomic E-state index is 5.28. The molecule has 0 saturated heterocycles. The molecule has 0 unspecified atom stereocenters. The summed E-state index contributed by atoms with van der Waals surface area (Å²) in [5.74, 6) is 0. The Kier molecular flexibility index (Phi) is 5.98. The second-order valence-electron chi connectivity index (χ2n) is 12.8. The number of furan rings is 1. The molecule has 1 heterocycles. The van der Waals surface area contributed by atoms with Crippen LogP contribution in [0, 0.1) is 13.8 Å². The number of para-hydroxylation sites is 2. The molecule has 0 saturated carbocycles. The average Bonchev–Trinajstić information content (AvgIpc) is 3.46. The Hall–Kier alpha value is -5.54. The molecule has 3 heteroatoms. The van der Waals surface area contributed by atoms with E-state index in [1.165, 1.54) is 65.5 Å². The van der Waals surface area contributed by atoms with Crippen LogP contribution in [0.25, 0.3) is 54.3 Å². The fraction of sp³-hybridized carbons (Fsp3) is 0.116. The number of allylic oxidation sites excluding steroid dienone is 4. The molecule has 0 fully saturated rings. The SMILES string of the molecule is CC1=CCCC(Nc2ccc3ccc4c(N(c5cccc(C)c5)c5cccc6c5[oH+]c5c(C)cccc56)ccc5ccc2c3c54)=C1. The van der Waals surface area contributed by atoms with Crippen LogP contribution in [0.15, 0.2) is 137 Å². The highest BCUT2D eigenvalue weighted by Crippen LogP contribution is 2.47. The molecule has 1 aliphatic carbocycles. The van der Waals surface area contributed by atoms with Gasteiger partial charge in [-0.1, -0.05) is 78.4 Å². The van der Waals surface area contributed by atoms with Gasteiger partial charge in [0.2, 0.25) is 0 Å². The Labute approximate surface area is 268 Å². The molecule has 8 aromatic rings. The van der Waals surface area contributed by atoms with E-state index in [1.54, 1.807) is 0 Å². The number of hydrogen-bond donors (Lipinski definition) is 1. The fourth-order valence-electron chi connectivity index (χ4n) is 7.58. The van der Waals surface area contributed by atoms with Crippen molar-refractivity contribution in [3.05, 3.63) is 144 Å². The Morgan fingerprint density at radius 3 is 2.17 bits per heavy atom. The first kappa shape index (κ1) is 26.8. The predicted octanol–water partition coefficient (Wildman–Crippen LogP) is 12.7. The van der Waals surface area contributed by atoms with Gasteiger partial charge in [-0.05, 0) is 109 Å². The lowest BCUT2D eigenvalue weighted by molar-refractivity contribution is 0.666. The van der Waals surface area contributed by atoms with Gasteiger partial charge < -0.3 is 14.6 Å². The van der Waals surface area contributed by atoms with Gasteiger partial charge in [0.1, 0.15) is 5.69 Å². The average molecular weight is 596 g/mol. The highest BCUT2D eigenvalue weighted by Gasteiger charge is 2.26. The smallest absolute Gasteiger partial charge is 0.293 e. The Bertz CT molecular complexity index is 2550. The van der Waals surface area contributed by atoms with Gasteiger partial charge in [0, 0.05) is 33.4 Å². The summed E-state index contributed by atoms with van der Waals surface area (Å²) in [6.07, 6.45) is 6.70. The lowest BCUT2D eigenvalue weighted by Crippen LogP contribution is -2.11. The van der Waals surface area contributed by atoms with Gasteiger partial charge in [0.15, 0.2) is 0 Å². The van der Waals surface area contributed by atoms with Crippen LogP contribution in [0.1, 0.15) is 30.9 Å². The molecule has 0 spiro atoms. The van der Waals surface area contributed by atoms with Gasteiger partial charge in [-0.2, -0.15) is 0 Å².